The summed E-state index contributed by atoms with van der Waals surface area (Å²) in [6.45, 7) is 6.08. The van der Waals surface area contributed by atoms with Gasteiger partial charge in [-0.3, -0.25) is 86.5 Å². The summed E-state index contributed by atoms with van der Waals surface area (Å²) >= 11 is 0.777. The fourth-order valence-electron chi connectivity index (χ4n) is 17.0. The number of thioether (sulfide) groups is 1. The predicted octanol–water partition coefficient (Wildman–Crippen LogP) is -1.55. The topological polar surface area (TPSA) is 613 Å². The number of benzene rings is 3. The molecule has 7 aromatic rings. The number of nitrogens with two attached hydrogens (primary N) is 2. The predicted molar refractivity (Wildman–Crippen MR) is 499 cm³/mol. The first kappa shape index (κ1) is 104. The number of carbonyl (C=O) groups is 17. The number of para-hydroxylation sites is 2. The molecule has 3 aromatic carbocycles. The SMILES string of the molecule is CCCC[C@H]1C(=O)N(C)[C@@H](CCCC)C(=O)N[C@@H](Cc2cccnc2)C(=O)N[C@H](C(=O)NCC(N)=O)CSCC(=O)N[C@@H](Cc2ccc(O)cc2)C(=O)N(C)[C@@H](C)C(=O)N[C@@H](CC(N)=O)C(=O)N2CCCC2C(=O)N[C@@H](Cc2cnc[nH]2)C(=O)N[C@@H](CC(C)C)C(=O)N2C[C@H](O)C[C@H]2C(=O)N[C@@H](Cc2c[nH]c3ccccc23)C(=O)N[C@@H](CO)C(=O)N[C@@H](Cc2c[nH]c3ccccc23)C(=O)N1C. The van der Waals surface area contributed by atoms with Crippen LogP contribution in [0.4, 0.5) is 0 Å². The molecule has 4 aromatic heterocycles. The van der Waals surface area contributed by atoms with Crippen molar-refractivity contribution in [1.82, 2.24) is 103 Å². The number of nitrogens with zero attached hydrogens (tertiary/aromatic N) is 7. The van der Waals surface area contributed by atoms with E-state index >= 15 is 43.2 Å². The number of aliphatic hydroxyl groups excluding tert-OH is 2. The van der Waals surface area contributed by atoms with Gasteiger partial charge in [0.15, 0.2) is 0 Å². The molecule has 0 saturated carbocycles. The van der Waals surface area contributed by atoms with Gasteiger partial charge in [0, 0.05) is 137 Å². The molecule has 0 radical (unpaired) electrons. The van der Waals surface area contributed by atoms with Crippen LogP contribution in [0.5, 0.6) is 5.75 Å². The number of carbonyl (C=O) groups excluding carboxylic acids is 17. The number of pyridine rings is 1. The third-order valence-electron chi connectivity index (χ3n) is 24.5. The summed E-state index contributed by atoms with van der Waals surface area (Å²) in [4.78, 5) is 274. The van der Waals surface area contributed by atoms with Crippen molar-refractivity contribution in [2.75, 3.05) is 58.9 Å². The number of aromatic amines is 3. The van der Waals surface area contributed by atoms with E-state index in [-0.39, 0.29) is 82.4 Å². The Balaban J connectivity index is 1.02. The van der Waals surface area contributed by atoms with Crippen LogP contribution in [-0.2, 0) is 114 Å². The number of phenols is 1. The highest BCUT2D eigenvalue weighted by molar-refractivity contribution is 8.00. The van der Waals surface area contributed by atoms with E-state index in [1.807, 2.05) is 13.8 Å². The Morgan fingerprint density at radius 3 is 1.67 bits per heavy atom. The smallest absolute Gasteiger partial charge is 0.246 e. The summed E-state index contributed by atoms with van der Waals surface area (Å²) in [5.74, 6) is -17.5. The monoisotopic (exact) mass is 1900 g/mol. The molecule has 3 aliphatic rings. The van der Waals surface area contributed by atoms with Crippen molar-refractivity contribution >= 4 is 134 Å². The van der Waals surface area contributed by atoms with Crippen LogP contribution in [0.1, 0.15) is 133 Å². The molecule has 3 saturated heterocycles. The van der Waals surface area contributed by atoms with Gasteiger partial charge in [-0.2, -0.15) is 0 Å². The molecule has 732 valence electrons. The van der Waals surface area contributed by atoms with Gasteiger partial charge in [0.2, 0.25) is 100 Å². The molecule has 43 heteroatoms. The van der Waals surface area contributed by atoms with E-state index in [2.05, 4.69) is 78.1 Å². The zero-order valence-electron chi connectivity index (χ0n) is 77.3. The van der Waals surface area contributed by atoms with Gasteiger partial charge in [0.1, 0.15) is 90.3 Å². The maximum absolute atomic E-state index is 15.8. The van der Waals surface area contributed by atoms with Gasteiger partial charge in [-0.25, -0.2) is 4.98 Å². The number of hydrogen-bond acceptors (Lipinski definition) is 23. The number of likely N-dealkylation sites (N-methyl/N-ethyl adjacent to an activating group) is 3. The van der Waals surface area contributed by atoms with Crippen molar-refractivity contribution < 1.29 is 96.8 Å². The van der Waals surface area contributed by atoms with E-state index in [1.165, 1.54) is 82.1 Å². The van der Waals surface area contributed by atoms with Crippen LogP contribution in [0.25, 0.3) is 21.8 Å². The number of aromatic hydroxyl groups is 1. The number of fused-ring (bicyclic) bond motifs is 4. The highest BCUT2D eigenvalue weighted by atomic mass is 32.2. The Hall–Kier alpha value is -13.8. The Labute approximate surface area is 789 Å². The van der Waals surface area contributed by atoms with Gasteiger partial charge in [-0.1, -0.05) is 108 Å². The first-order valence-electron chi connectivity index (χ1n) is 45.5. The van der Waals surface area contributed by atoms with E-state index in [1.54, 1.807) is 86.9 Å². The summed E-state index contributed by atoms with van der Waals surface area (Å²) < 4.78 is 0. The lowest BCUT2D eigenvalue weighted by Crippen LogP contribution is -2.62. The molecule has 0 bridgehead atoms. The van der Waals surface area contributed by atoms with E-state index in [0.29, 0.717) is 75.4 Å². The lowest BCUT2D eigenvalue weighted by atomic mass is 9.99. The van der Waals surface area contributed by atoms with E-state index < -0.39 is 235 Å². The maximum atomic E-state index is 15.8. The molecule has 1 unspecified atom stereocenters. The van der Waals surface area contributed by atoms with Crippen molar-refractivity contribution in [2.24, 2.45) is 17.4 Å². The number of primary amides is 2. The molecule has 42 nitrogen and oxygen atoms in total. The minimum atomic E-state index is -1.89. The van der Waals surface area contributed by atoms with Crippen LogP contribution >= 0.6 is 11.8 Å². The Bertz CT molecular complexity index is 5410. The summed E-state index contributed by atoms with van der Waals surface area (Å²) in [6.07, 6.45) is 6.58. The average molecular weight is 1900 g/mol. The van der Waals surface area contributed by atoms with Gasteiger partial charge in [0.05, 0.1) is 37.8 Å². The van der Waals surface area contributed by atoms with Crippen LogP contribution in [0, 0.1) is 5.92 Å². The summed E-state index contributed by atoms with van der Waals surface area (Å²) in [5.41, 5.74) is 14.6. The number of phenolic OH excluding ortho intramolecular Hbond substituents is 1. The molecule has 0 aliphatic carbocycles. The normalized spacial score (nSPS) is 24.7. The van der Waals surface area contributed by atoms with Crippen molar-refractivity contribution in [1.29, 1.82) is 0 Å². The molecule has 10 rings (SSSR count). The highest BCUT2D eigenvalue weighted by Gasteiger charge is 2.47. The van der Waals surface area contributed by atoms with Crippen molar-refractivity contribution in [3.8, 4) is 5.75 Å². The molecule has 20 N–H and O–H groups in total. The van der Waals surface area contributed by atoms with Gasteiger partial charge < -0.3 is 119 Å². The second-order valence-electron chi connectivity index (χ2n) is 35.1. The fraction of sp³-hybridized carbons (Fsp3) is 0.495. The van der Waals surface area contributed by atoms with Crippen molar-refractivity contribution in [3.05, 3.63) is 150 Å². The number of unbranched alkanes of at least 4 members (excludes halogenated alkanes) is 2. The molecule has 7 heterocycles. The van der Waals surface area contributed by atoms with Crippen LogP contribution in [0.2, 0.25) is 0 Å². The zero-order valence-corrected chi connectivity index (χ0v) is 78.1. The number of aliphatic hydroxyl groups is 2. The summed E-state index contributed by atoms with van der Waals surface area (Å²) in [6, 6.07) is 1.06. The lowest BCUT2D eigenvalue weighted by Gasteiger charge is -2.36. The number of amides is 17. The minimum Gasteiger partial charge on any atom is -0.508 e. The van der Waals surface area contributed by atoms with Crippen LogP contribution < -0.4 is 64.6 Å². The summed E-state index contributed by atoms with van der Waals surface area (Å²) in [7, 11) is 3.94. The maximum Gasteiger partial charge on any atom is 0.246 e. The third kappa shape index (κ3) is 28.2. The Kier molecular flexibility index (Phi) is 37.9. The number of nitrogens with one attached hydrogen (secondary N) is 13. The highest BCUT2D eigenvalue weighted by Crippen LogP contribution is 2.28. The molecule has 3 fully saturated rings. The van der Waals surface area contributed by atoms with E-state index in [0.717, 1.165) is 31.4 Å². The van der Waals surface area contributed by atoms with Crippen molar-refractivity contribution in [2.45, 2.75) is 228 Å². The Morgan fingerprint density at radius 1 is 0.529 bits per heavy atom. The van der Waals surface area contributed by atoms with Crippen LogP contribution in [-0.4, -0.2) is 315 Å². The number of imidazole rings is 1. The first-order chi connectivity index (χ1) is 64.9. The number of hydrogen-bond donors (Lipinski definition) is 18. The third-order valence-corrected chi connectivity index (χ3v) is 25.5. The Morgan fingerprint density at radius 2 is 1.07 bits per heavy atom. The molecule has 3 aliphatic heterocycles. The molecule has 15 atom stereocenters. The number of aromatic nitrogens is 5. The first-order valence-corrected chi connectivity index (χ1v) is 46.7. The second-order valence-corrected chi connectivity index (χ2v) is 36.1. The quantitative estimate of drug-likeness (QED) is 0.0325. The van der Waals surface area contributed by atoms with E-state index in [4.69, 9.17) is 11.5 Å². The molecular weight excluding hydrogens is 1780 g/mol. The molecule has 136 heavy (non-hydrogen) atoms. The molecule has 0 spiro atoms. The van der Waals surface area contributed by atoms with Gasteiger partial charge in [0.25, 0.3) is 0 Å². The standard InChI is InChI=1S/C93H124N22O20S/c1-9-11-24-73-86(128)103-64(35-54-19-17-31-96-41-54)82(124)110-72(81(123)100-45-78(95)120)48-136-49-79(121)102-68(34-53-27-29-58(117)30-28-53)89(131)111(6)52(5)80(122)106-70(40-77(94)119)91(133)114-32-18-26-74(114)87(129)105-66(38-57-44-97-50-101-57)84(126)107-67(33-51(3)4)92(134)115-46-59(118)39-76(115)88(130)104-65(36-55-42-98-62-22-15-13-20-60(55)62)83(125)109-71(47-116)85(127)108-69(37-56-43-99-63-23-16-14-21-61(56)63)90(132)113(8)75(25-12-10-2)93(135)112(73)7/h13-17,19-23,27-31,41-44,50-52,59,64-76,98-99,116-118H,9-12,18,24-26,32-40,45-49H2,1-8H3,(H2,94,119)(H2,95,120)(H,97,101)(H,100,123)(H,102,121)(H,103,128)(H,104,130)(H,105,129)(H,106,122)(H,107,126)(H,108,127)(H,109,125)(H,110,124)/t52-,59+,64-,65-,66-,67-,68-,69-,70-,71-,72-,73-,74?,75-,76-/m0/s1. The second kappa shape index (κ2) is 49.4. The lowest BCUT2D eigenvalue weighted by molar-refractivity contribution is -0.149. The van der Waals surface area contributed by atoms with Gasteiger partial charge in [-0.05, 0) is 97.5 Å². The molecular formula is C93H124N22O20S. The van der Waals surface area contributed by atoms with Gasteiger partial charge in [-0.15, -0.1) is 11.8 Å². The van der Waals surface area contributed by atoms with Crippen LogP contribution in [0.3, 0.4) is 0 Å². The fourth-order valence-corrected chi connectivity index (χ4v) is 17.8. The van der Waals surface area contributed by atoms with Crippen LogP contribution in [0.15, 0.2) is 122 Å². The van der Waals surface area contributed by atoms with E-state index in [9.17, 15) is 53.7 Å². The molecule has 17 amide bonds. The zero-order chi connectivity index (χ0) is 98.7. The van der Waals surface area contributed by atoms with Gasteiger partial charge >= 0.3 is 0 Å². The van der Waals surface area contributed by atoms with Crippen molar-refractivity contribution in [3.63, 3.8) is 0 Å². The average Bonchev–Trinajstić information content (AvgIpc) is 1.65. The summed E-state index contributed by atoms with van der Waals surface area (Å²) in [5, 5.41) is 60.9. The largest absolute Gasteiger partial charge is 0.508 e. The number of H-pyrrole nitrogens is 3. The number of rotatable bonds is 24. The minimum absolute atomic E-state index is 0.00139.